The maximum Gasteiger partial charge on any atom is 0.246 e. The molecule has 0 spiro atoms. The van der Waals surface area contributed by atoms with Crippen LogP contribution in [0.1, 0.15) is 44.0 Å². The van der Waals surface area contributed by atoms with Crippen molar-refractivity contribution in [2.24, 2.45) is 0 Å². The third-order valence-electron chi connectivity index (χ3n) is 5.38. The fourth-order valence-corrected chi connectivity index (χ4v) is 4.23. The van der Waals surface area contributed by atoms with Crippen LogP contribution in [0.4, 0.5) is 5.69 Å². The second kappa shape index (κ2) is 6.58. The molecule has 0 aliphatic carbocycles. The van der Waals surface area contributed by atoms with Gasteiger partial charge in [0.25, 0.3) is 0 Å². The zero-order valence-corrected chi connectivity index (χ0v) is 15.4. The summed E-state index contributed by atoms with van der Waals surface area (Å²) in [5, 5.41) is 5.47. The van der Waals surface area contributed by atoms with Crippen molar-refractivity contribution in [3.05, 3.63) is 77.9 Å². The van der Waals surface area contributed by atoms with Crippen molar-refractivity contribution in [3.8, 4) is 0 Å². The molecule has 1 N–H and O–H groups in total. The van der Waals surface area contributed by atoms with Crippen LogP contribution in [0.15, 0.2) is 66.7 Å². The van der Waals surface area contributed by atoms with Crippen LogP contribution < -0.4 is 5.32 Å². The van der Waals surface area contributed by atoms with Crippen molar-refractivity contribution in [2.75, 3.05) is 5.32 Å². The van der Waals surface area contributed by atoms with Gasteiger partial charge in [-0.15, -0.1) is 0 Å². The number of anilines is 1. The van der Waals surface area contributed by atoms with Gasteiger partial charge in [0.2, 0.25) is 5.91 Å². The van der Waals surface area contributed by atoms with E-state index in [1.165, 1.54) is 0 Å². The quantitative estimate of drug-likeness (QED) is 0.684. The lowest BCUT2D eigenvalue weighted by atomic mass is 9.94. The standard InChI is InChI=1S/C23H24N2O/c1-15(2)25-16(3)18-11-6-7-14-21(18)24-23(26)22(25)20-13-8-10-17-9-4-5-12-19(17)20/h4-16,22H,1-3H3,(H,24,26). The van der Waals surface area contributed by atoms with E-state index in [4.69, 9.17) is 0 Å². The van der Waals surface area contributed by atoms with Crippen LogP contribution in [0.3, 0.4) is 0 Å². The first-order valence-electron chi connectivity index (χ1n) is 9.23. The first-order valence-corrected chi connectivity index (χ1v) is 9.23. The van der Waals surface area contributed by atoms with Crippen LogP contribution in [0.5, 0.6) is 0 Å². The normalized spacial score (nSPS) is 20.7. The molecule has 0 radical (unpaired) electrons. The van der Waals surface area contributed by atoms with Crippen molar-refractivity contribution >= 4 is 22.4 Å². The zero-order chi connectivity index (χ0) is 18.3. The summed E-state index contributed by atoms with van der Waals surface area (Å²) in [6.45, 7) is 6.52. The molecule has 0 bridgehead atoms. The molecule has 3 heteroatoms. The average molecular weight is 344 g/mol. The van der Waals surface area contributed by atoms with Crippen LogP contribution in [0.25, 0.3) is 10.8 Å². The minimum absolute atomic E-state index is 0.0341. The molecule has 0 saturated heterocycles. The van der Waals surface area contributed by atoms with Gasteiger partial charge in [-0.2, -0.15) is 0 Å². The Kier molecular flexibility index (Phi) is 4.25. The predicted molar refractivity (Wildman–Crippen MR) is 107 cm³/mol. The van der Waals surface area contributed by atoms with E-state index in [1.807, 2.05) is 36.4 Å². The number of hydrogen-bond donors (Lipinski definition) is 1. The molecule has 3 aromatic carbocycles. The minimum atomic E-state index is -0.330. The molecule has 3 aromatic rings. The first kappa shape index (κ1) is 16.8. The van der Waals surface area contributed by atoms with Gasteiger partial charge in [0, 0.05) is 17.8 Å². The van der Waals surface area contributed by atoms with Crippen LogP contribution in [-0.2, 0) is 4.79 Å². The van der Waals surface area contributed by atoms with Gasteiger partial charge < -0.3 is 5.32 Å². The molecule has 1 aliphatic rings. The monoisotopic (exact) mass is 344 g/mol. The highest BCUT2D eigenvalue weighted by molar-refractivity contribution is 6.00. The molecule has 1 aliphatic heterocycles. The average Bonchev–Trinajstić information content (AvgIpc) is 2.75. The summed E-state index contributed by atoms with van der Waals surface area (Å²) in [5.74, 6) is 0.0341. The molecule has 2 unspecified atom stereocenters. The number of carbonyl (C=O) groups excluding carboxylic acids is 1. The van der Waals surface area contributed by atoms with Crippen molar-refractivity contribution in [1.82, 2.24) is 4.90 Å². The minimum Gasteiger partial charge on any atom is -0.324 e. The highest BCUT2D eigenvalue weighted by Crippen LogP contribution is 2.41. The van der Waals surface area contributed by atoms with E-state index >= 15 is 0 Å². The maximum absolute atomic E-state index is 13.3. The van der Waals surface area contributed by atoms with E-state index in [1.54, 1.807) is 0 Å². The van der Waals surface area contributed by atoms with E-state index in [0.29, 0.717) is 0 Å². The van der Waals surface area contributed by atoms with Crippen molar-refractivity contribution in [3.63, 3.8) is 0 Å². The summed E-state index contributed by atoms with van der Waals surface area (Å²) < 4.78 is 0. The van der Waals surface area contributed by atoms with E-state index < -0.39 is 0 Å². The molecule has 3 nitrogen and oxygen atoms in total. The van der Waals surface area contributed by atoms with E-state index in [9.17, 15) is 4.79 Å². The Morgan fingerprint density at radius 2 is 1.54 bits per heavy atom. The fourth-order valence-electron chi connectivity index (χ4n) is 4.23. The van der Waals surface area contributed by atoms with E-state index in [0.717, 1.165) is 27.6 Å². The first-order chi connectivity index (χ1) is 12.6. The van der Waals surface area contributed by atoms with Crippen molar-refractivity contribution < 1.29 is 4.79 Å². The second-order valence-electron chi connectivity index (χ2n) is 7.26. The van der Waals surface area contributed by atoms with Crippen LogP contribution in [0.2, 0.25) is 0 Å². The molecule has 132 valence electrons. The number of para-hydroxylation sites is 1. The van der Waals surface area contributed by atoms with Gasteiger partial charge in [0.05, 0.1) is 0 Å². The van der Waals surface area contributed by atoms with Gasteiger partial charge in [-0.05, 0) is 48.7 Å². The highest BCUT2D eigenvalue weighted by atomic mass is 16.2. The van der Waals surface area contributed by atoms with Gasteiger partial charge >= 0.3 is 0 Å². The molecule has 0 saturated carbocycles. The number of rotatable bonds is 2. The lowest BCUT2D eigenvalue weighted by Crippen LogP contribution is -2.40. The summed E-state index contributed by atoms with van der Waals surface area (Å²) >= 11 is 0. The molecule has 0 aromatic heterocycles. The molecule has 2 atom stereocenters. The Morgan fingerprint density at radius 3 is 2.35 bits per heavy atom. The fraction of sp³-hybridized carbons (Fsp3) is 0.261. The van der Waals surface area contributed by atoms with Gasteiger partial charge in [0.15, 0.2) is 0 Å². The molecular formula is C23H24N2O. The molecule has 0 fully saturated rings. The molecule has 4 rings (SSSR count). The largest absolute Gasteiger partial charge is 0.324 e. The number of carbonyl (C=O) groups is 1. The summed E-state index contributed by atoms with van der Waals surface area (Å²) in [6, 6.07) is 22.7. The third-order valence-corrected chi connectivity index (χ3v) is 5.38. The Bertz CT molecular complexity index is 958. The van der Waals surface area contributed by atoms with E-state index in [-0.39, 0.29) is 24.0 Å². The summed E-state index contributed by atoms with van der Waals surface area (Å²) in [4.78, 5) is 15.7. The number of nitrogens with one attached hydrogen (secondary N) is 1. The molecule has 26 heavy (non-hydrogen) atoms. The highest BCUT2D eigenvalue weighted by Gasteiger charge is 2.37. The summed E-state index contributed by atoms with van der Waals surface area (Å²) in [6.07, 6.45) is 0. The number of amides is 1. The second-order valence-corrected chi connectivity index (χ2v) is 7.26. The summed E-state index contributed by atoms with van der Waals surface area (Å²) in [7, 11) is 0. The Morgan fingerprint density at radius 1 is 0.885 bits per heavy atom. The molecule has 1 amide bonds. The Labute approximate surface area is 154 Å². The number of fused-ring (bicyclic) bond motifs is 2. The maximum atomic E-state index is 13.3. The molecule has 1 heterocycles. The predicted octanol–water partition coefficient (Wildman–Crippen LogP) is 5.30. The lowest BCUT2D eigenvalue weighted by molar-refractivity contribution is -0.123. The number of hydrogen-bond acceptors (Lipinski definition) is 2. The Balaban J connectivity index is 1.93. The lowest BCUT2D eigenvalue weighted by Gasteiger charge is -2.37. The number of benzene rings is 3. The van der Waals surface area contributed by atoms with E-state index in [2.05, 4.69) is 61.3 Å². The Hall–Kier alpha value is -2.65. The van der Waals surface area contributed by atoms with Crippen LogP contribution in [-0.4, -0.2) is 16.8 Å². The van der Waals surface area contributed by atoms with Crippen LogP contribution in [0, 0.1) is 0 Å². The smallest absolute Gasteiger partial charge is 0.246 e. The summed E-state index contributed by atoms with van der Waals surface area (Å²) in [5.41, 5.74) is 3.14. The topological polar surface area (TPSA) is 32.3 Å². The van der Waals surface area contributed by atoms with Gasteiger partial charge in [-0.3, -0.25) is 9.69 Å². The SMILES string of the molecule is CC(C)N1C(C)c2ccccc2NC(=O)C1c1cccc2ccccc12. The number of nitrogens with zero attached hydrogens (tertiary/aromatic N) is 1. The van der Waals surface area contributed by atoms with Gasteiger partial charge in [-0.1, -0.05) is 60.7 Å². The molecular weight excluding hydrogens is 320 g/mol. The van der Waals surface area contributed by atoms with Crippen molar-refractivity contribution in [1.29, 1.82) is 0 Å². The zero-order valence-electron chi connectivity index (χ0n) is 15.4. The van der Waals surface area contributed by atoms with Crippen molar-refractivity contribution in [2.45, 2.75) is 38.9 Å². The van der Waals surface area contributed by atoms with Crippen LogP contribution >= 0.6 is 0 Å². The van der Waals surface area contributed by atoms with Gasteiger partial charge in [-0.25, -0.2) is 0 Å². The van der Waals surface area contributed by atoms with Gasteiger partial charge in [0.1, 0.15) is 6.04 Å². The third kappa shape index (κ3) is 2.69.